The second kappa shape index (κ2) is 4.25. The fourth-order valence-corrected chi connectivity index (χ4v) is 2.94. The zero-order chi connectivity index (χ0) is 12.7. The summed E-state index contributed by atoms with van der Waals surface area (Å²) in [4.78, 5) is 4.64. The summed E-state index contributed by atoms with van der Waals surface area (Å²) in [5.74, 6) is 1.13. The van der Waals surface area contributed by atoms with Gasteiger partial charge in [-0.3, -0.25) is 0 Å². The highest BCUT2D eigenvalue weighted by Gasteiger charge is 2.17. The maximum absolute atomic E-state index is 4.64. The highest BCUT2D eigenvalue weighted by molar-refractivity contribution is 5.66. The van der Waals surface area contributed by atoms with Gasteiger partial charge in [0.25, 0.3) is 0 Å². The molecule has 3 nitrogen and oxygen atoms in total. The predicted octanol–water partition coefficient (Wildman–Crippen LogP) is 2.58. The van der Waals surface area contributed by atoms with Crippen LogP contribution in [0.15, 0.2) is 18.3 Å². The molecule has 18 heavy (non-hydrogen) atoms. The van der Waals surface area contributed by atoms with E-state index >= 15 is 0 Å². The summed E-state index contributed by atoms with van der Waals surface area (Å²) in [5, 5.41) is 3.38. The van der Waals surface area contributed by atoms with Crippen LogP contribution in [0.5, 0.6) is 0 Å². The number of nitrogens with zero attached hydrogens (tertiary/aromatic N) is 2. The van der Waals surface area contributed by atoms with Crippen molar-refractivity contribution in [3.05, 3.63) is 40.7 Å². The van der Waals surface area contributed by atoms with E-state index in [4.69, 9.17) is 0 Å². The zero-order valence-corrected chi connectivity index (χ0v) is 11.2. The van der Waals surface area contributed by atoms with Gasteiger partial charge in [-0.25, -0.2) is 4.98 Å². The van der Waals surface area contributed by atoms with Crippen LogP contribution in [0.2, 0.25) is 0 Å². The zero-order valence-electron chi connectivity index (χ0n) is 11.2. The molecule has 2 aromatic rings. The Hall–Kier alpha value is -1.61. The number of nitrogens with one attached hydrogen (secondary N) is 1. The van der Waals surface area contributed by atoms with Gasteiger partial charge in [0.15, 0.2) is 0 Å². The average Bonchev–Trinajstić information content (AvgIpc) is 2.72. The Kier molecular flexibility index (Phi) is 2.71. The van der Waals surface area contributed by atoms with Crippen molar-refractivity contribution in [3.63, 3.8) is 0 Å². The maximum atomic E-state index is 4.64. The van der Waals surface area contributed by atoms with E-state index in [0.717, 1.165) is 25.5 Å². The Bertz CT molecular complexity index is 573. The number of aryl methyl sites for hydroxylation is 3. The molecule has 94 valence electrons. The van der Waals surface area contributed by atoms with Crippen molar-refractivity contribution < 1.29 is 0 Å². The first kappa shape index (κ1) is 11.5. The second-order valence-corrected chi connectivity index (χ2v) is 5.18. The molecule has 0 amide bonds. The summed E-state index contributed by atoms with van der Waals surface area (Å²) in [6.07, 6.45) is 2.00. The number of rotatable bonds is 1. The van der Waals surface area contributed by atoms with Crippen molar-refractivity contribution in [1.82, 2.24) is 14.9 Å². The van der Waals surface area contributed by atoms with Crippen LogP contribution in [0.25, 0.3) is 11.4 Å². The Morgan fingerprint density at radius 2 is 1.89 bits per heavy atom. The predicted molar refractivity (Wildman–Crippen MR) is 73.6 cm³/mol. The van der Waals surface area contributed by atoms with E-state index in [0.29, 0.717) is 0 Å². The summed E-state index contributed by atoms with van der Waals surface area (Å²) in [6, 6.07) is 4.48. The molecule has 0 unspecified atom stereocenters. The summed E-state index contributed by atoms with van der Waals surface area (Å²) in [5.41, 5.74) is 6.55. The monoisotopic (exact) mass is 241 g/mol. The number of imidazole rings is 1. The van der Waals surface area contributed by atoms with Gasteiger partial charge in [-0.1, -0.05) is 17.7 Å². The molecule has 0 bridgehead atoms. The minimum atomic E-state index is 0.928. The molecule has 3 rings (SSSR count). The van der Waals surface area contributed by atoms with Gasteiger partial charge in [-0.05, 0) is 31.9 Å². The SMILES string of the molecule is Cc1cc(C)c(-c2ncc3n2CCNC3)c(C)c1. The van der Waals surface area contributed by atoms with Crippen LogP contribution >= 0.6 is 0 Å². The molecule has 0 saturated heterocycles. The lowest BCUT2D eigenvalue weighted by atomic mass is 9.99. The standard InChI is InChI=1S/C15H19N3/c1-10-6-11(2)14(12(3)7-10)15-17-9-13-8-16-4-5-18(13)15/h6-7,9,16H,4-5,8H2,1-3H3. The molecule has 0 spiro atoms. The van der Waals surface area contributed by atoms with Crippen molar-refractivity contribution in [2.24, 2.45) is 0 Å². The molecule has 0 radical (unpaired) electrons. The molecule has 1 aromatic carbocycles. The molecule has 2 heterocycles. The fraction of sp³-hybridized carbons (Fsp3) is 0.400. The number of benzene rings is 1. The number of aromatic nitrogens is 2. The molecule has 1 aromatic heterocycles. The smallest absolute Gasteiger partial charge is 0.140 e. The molecule has 3 heteroatoms. The van der Waals surface area contributed by atoms with E-state index in [1.165, 1.54) is 27.9 Å². The van der Waals surface area contributed by atoms with Crippen LogP contribution < -0.4 is 5.32 Å². The summed E-state index contributed by atoms with van der Waals surface area (Å²) < 4.78 is 2.35. The lowest BCUT2D eigenvalue weighted by Gasteiger charge is -2.19. The Morgan fingerprint density at radius 1 is 1.17 bits per heavy atom. The van der Waals surface area contributed by atoms with Gasteiger partial charge >= 0.3 is 0 Å². The first-order valence-corrected chi connectivity index (χ1v) is 6.50. The summed E-state index contributed by atoms with van der Waals surface area (Å²) in [6.45, 7) is 9.47. The maximum Gasteiger partial charge on any atom is 0.140 e. The minimum absolute atomic E-state index is 0.928. The summed E-state index contributed by atoms with van der Waals surface area (Å²) >= 11 is 0. The number of hydrogen-bond acceptors (Lipinski definition) is 2. The van der Waals surface area contributed by atoms with Gasteiger partial charge in [0, 0.05) is 25.2 Å². The molecule has 1 aliphatic rings. The Morgan fingerprint density at radius 3 is 2.61 bits per heavy atom. The topological polar surface area (TPSA) is 29.9 Å². The van der Waals surface area contributed by atoms with Gasteiger partial charge in [0.2, 0.25) is 0 Å². The molecule has 0 saturated carbocycles. The van der Waals surface area contributed by atoms with Gasteiger partial charge in [-0.2, -0.15) is 0 Å². The van der Waals surface area contributed by atoms with Gasteiger partial charge < -0.3 is 9.88 Å². The third-order valence-corrected chi connectivity index (χ3v) is 3.66. The Balaban J connectivity index is 2.18. The molecular weight excluding hydrogens is 222 g/mol. The first-order chi connectivity index (χ1) is 8.66. The lowest BCUT2D eigenvalue weighted by molar-refractivity contribution is 0.519. The van der Waals surface area contributed by atoms with Crippen LogP contribution in [0, 0.1) is 20.8 Å². The van der Waals surface area contributed by atoms with Crippen LogP contribution in [0.3, 0.4) is 0 Å². The van der Waals surface area contributed by atoms with Gasteiger partial charge in [-0.15, -0.1) is 0 Å². The molecule has 1 N–H and O–H groups in total. The van der Waals surface area contributed by atoms with Crippen molar-refractivity contribution in [3.8, 4) is 11.4 Å². The molecule has 0 fully saturated rings. The van der Waals surface area contributed by atoms with Crippen molar-refractivity contribution in [2.75, 3.05) is 6.54 Å². The third-order valence-electron chi connectivity index (χ3n) is 3.66. The van der Waals surface area contributed by atoms with Gasteiger partial charge in [0.1, 0.15) is 5.82 Å². The largest absolute Gasteiger partial charge is 0.326 e. The van der Waals surface area contributed by atoms with E-state index in [1.54, 1.807) is 0 Å². The van der Waals surface area contributed by atoms with Crippen LogP contribution in [-0.4, -0.2) is 16.1 Å². The normalized spacial score (nSPS) is 14.6. The minimum Gasteiger partial charge on any atom is -0.326 e. The van der Waals surface area contributed by atoms with E-state index < -0.39 is 0 Å². The van der Waals surface area contributed by atoms with Gasteiger partial charge in [0.05, 0.1) is 11.9 Å². The van der Waals surface area contributed by atoms with E-state index in [-0.39, 0.29) is 0 Å². The number of hydrogen-bond donors (Lipinski definition) is 1. The molecule has 1 aliphatic heterocycles. The average molecular weight is 241 g/mol. The third kappa shape index (κ3) is 1.75. The molecular formula is C15H19N3. The first-order valence-electron chi connectivity index (χ1n) is 6.50. The quantitative estimate of drug-likeness (QED) is 0.831. The van der Waals surface area contributed by atoms with Crippen molar-refractivity contribution in [2.45, 2.75) is 33.9 Å². The molecule has 0 atom stereocenters. The van der Waals surface area contributed by atoms with E-state index in [9.17, 15) is 0 Å². The highest BCUT2D eigenvalue weighted by atomic mass is 15.1. The van der Waals surface area contributed by atoms with Crippen LogP contribution in [-0.2, 0) is 13.1 Å². The van der Waals surface area contributed by atoms with Crippen molar-refractivity contribution >= 4 is 0 Å². The fourth-order valence-electron chi connectivity index (χ4n) is 2.94. The van der Waals surface area contributed by atoms with Crippen LogP contribution in [0.1, 0.15) is 22.4 Å². The van der Waals surface area contributed by atoms with E-state index in [2.05, 4.69) is 47.8 Å². The highest BCUT2D eigenvalue weighted by Crippen LogP contribution is 2.28. The van der Waals surface area contributed by atoms with Crippen LogP contribution in [0.4, 0.5) is 0 Å². The Labute approximate surface area is 108 Å². The second-order valence-electron chi connectivity index (χ2n) is 5.18. The van der Waals surface area contributed by atoms with E-state index in [1.807, 2.05) is 6.20 Å². The lowest BCUT2D eigenvalue weighted by Crippen LogP contribution is -2.28. The summed E-state index contributed by atoms with van der Waals surface area (Å²) in [7, 11) is 0. The van der Waals surface area contributed by atoms with Crippen molar-refractivity contribution in [1.29, 1.82) is 0 Å². The number of fused-ring (bicyclic) bond motifs is 1. The molecule has 0 aliphatic carbocycles.